The molecule has 1 aliphatic rings. The molecule has 1 atom stereocenters. The van der Waals surface area contributed by atoms with Crippen LogP contribution in [0.25, 0.3) is 0 Å². The third-order valence-corrected chi connectivity index (χ3v) is 6.55. The quantitative estimate of drug-likeness (QED) is 0.174. The lowest BCUT2D eigenvalue weighted by Gasteiger charge is -2.35. The SMILES string of the molecule is O=C(OCOC(c1ccccc1)(c1ccccc1)c1ccccc1)c1ccc(C2CCOC2)cc1. The molecule has 0 aliphatic carbocycles. The molecular weight excluding hydrogens is 436 g/mol. The number of carbonyl (C=O) groups excluding carboxylic acids is 1. The molecule has 0 bridgehead atoms. The Balaban J connectivity index is 1.40. The fraction of sp³-hybridized carbons (Fsp3) is 0.194. The summed E-state index contributed by atoms with van der Waals surface area (Å²) in [6, 6.07) is 37.7. The van der Waals surface area contributed by atoms with Crippen LogP contribution >= 0.6 is 0 Å². The van der Waals surface area contributed by atoms with E-state index in [1.54, 1.807) is 0 Å². The van der Waals surface area contributed by atoms with E-state index in [1.807, 2.05) is 115 Å². The van der Waals surface area contributed by atoms with E-state index in [2.05, 4.69) is 0 Å². The first-order valence-electron chi connectivity index (χ1n) is 11.9. The molecule has 1 unspecified atom stereocenters. The summed E-state index contributed by atoms with van der Waals surface area (Å²) in [5.41, 5.74) is 3.62. The zero-order valence-electron chi connectivity index (χ0n) is 19.5. The van der Waals surface area contributed by atoms with Gasteiger partial charge in [-0.25, -0.2) is 4.79 Å². The minimum atomic E-state index is -0.934. The molecule has 0 N–H and O–H groups in total. The standard InChI is InChI=1S/C31H28O4/c32-30(25-18-16-24(17-19-25)26-20-21-33-22-26)34-23-35-31(27-10-4-1-5-11-27,28-12-6-2-7-13-28)29-14-8-3-9-15-29/h1-19,26H,20-23H2. The molecule has 1 aliphatic heterocycles. The molecule has 0 radical (unpaired) electrons. The predicted molar refractivity (Wildman–Crippen MR) is 135 cm³/mol. The molecule has 0 saturated carbocycles. The Labute approximate surface area is 206 Å². The van der Waals surface area contributed by atoms with Crippen LogP contribution < -0.4 is 0 Å². The third kappa shape index (κ3) is 4.90. The largest absolute Gasteiger partial charge is 0.435 e. The molecular formula is C31H28O4. The van der Waals surface area contributed by atoms with Gasteiger partial charge in [0, 0.05) is 12.5 Å². The van der Waals surface area contributed by atoms with Crippen LogP contribution in [0.5, 0.6) is 0 Å². The second-order valence-corrected chi connectivity index (χ2v) is 8.66. The maximum Gasteiger partial charge on any atom is 0.340 e. The van der Waals surface area contributed by atoms with Crippen LogP contribution in [-0.2, 0) is 19.8 Å². The van der Waals surface area contributed by atoms with E-state index in [-0.39, 0.29) is 6.79 Å². The second kappa shape index (κ2) is 10.7. The van der Waals surface area contributed by atoms with E-state index >= 15 is 0 Å². The van der Waals surface area contributed by atoms with Crippen LogP contribution in [0.4, 0.5) is 0 Å². The summed E-state index contributed by atoms with van der Waals surface area (Å²) in [7, 11) is 0. The van der Waals surface area contributed by atoms with Crippen LogP contribution in [0.1, 0.15) is 45.0 Å². The van der Waals surface area contributed by atoms with Gasteiger partial charge in [-0.05, 0) is 40.8 Å². The van der Waals surface area contributed by atoms with Gasteiger partial charge >= 0.3 is 5.97 Å². The van der Waals surface area contributed by atoms with Gasteiger partial charge in [0.2, 0.25) is 0 Å². The highest BCUT2D eigenvalue weighted by Crippen LogP contribution is 2.40. The summed E-state index contributed by atoms with van der Waals surface area (Å²) in [4.78, 5) is 12.8. The topological polar surface area (TPSA) is 44.8 Å². The van der Waals surface area contributed by atoms with Crippen molar-refractivity contribution in [2.75, 3.05) is 20.0 Å². The van der Waals surface area contributed by atoms with Gasteiger partial charge < -0.3 is 14.2 Å². The minimum absolute atomic E-state index is 0.199. The third-order valence-electron chi connectivity index (χ3n) is 6.55. The number of carbonyl (C=O) groups is 1. The normalized spacial score (nSPS) is 15.6. The van der Waals surface area contributed by atoms with E-state index in [0.29, 0.717) is 11.5 Å². The maximum atomic E-state index is 12.8. The first-order valence-corrected chi connectivity index (χ1v) is 11.9. The molecule has 1 heterocycles. The van der Waals surface area contributed by atoms with E-state index in [1.165, 1.54) is 5.56 Å². The van der Waals surface area contributed by atoms with Crippen molar-refractivity contribution in [3.63, 3.8) is 0 Å². The summed E-state index contributed by atoms with van der Waals surface area (Å²) in [5, 5.41) is 0. The Morgan fingerprint density at radius 2 is 1.26 bits per heavy atom. The summed E-state index contributed by atoms with van der Waals surface area (Å²) in [6.45, 7) is 1.33. The molecule has 4 nitrogen and oxygen atoms in total. The van der Waals surface area contributed by atoms with Crippen molar-refractivity contribution in [3.05, 3.63) is 143 Å². The zero-order valence-corrected chi connectivity index (χ0v) is 19.5. The number of ether oxygens (including phenoxy) is 3. The molecule has 35 heavy (non-hydrogen) atoms. The number of hydrogen-bond donors (Lipinski definition) is 0. The zero-order chi connectivity index (χ0) is 23.9. The van der Waals surface area contributed by atoms with Crippen LogP contribution in [0.15, 0.2) is 115 Å². The molecule has 5 rings (SSSR count). The fourth-order valence-corrected chi connectivity index (χ4v) is 4.71. The van der Waals surface area contributed by atoms with E-state index in [9.17, 15) is 4.79 Å². The van der Waals surface area contributed by atoms with Gasteiger partial charge in [0.25, 0.3) is 0 Å². The summed E-state index contributed by atoms with van der Waals surface area (Å²) in [5.74, 6) is -0.0195. The van der Waals surface area contributed by atoms with Crippen molar-refractivity contribution >= 4 is 5.97 Å². The fourth-order valence-electron chi connectivity index (χ4n) is 4.71. The lowest BCUT2D eigenvalue weighted by Crippen LogP contribution is -2.34. The van der Waals surface area contributed by atoms with Crippen molar-refractivity contribution in [2.45, 2.75) is 17.9 Å². The van der Waals surface area contributed by atoms with Crippen molar-refractivity contribution in [1.82, 2.24) is 0 Å². The first-order chi connectivity index (χ1) is 17.3. The Bertz CT molecular complexity index is 1120. The van der Waals surface area contributed by atoms with Crippen molar-refractivity contribution in [1.29, 1.82) is 0 Å². The van der Waals surface area contributed by atoms with Gasteiger partial charge in [0.15, 0.2) is 6.79 Å². The van der Waals surface area contributed by atoms with Crippen molar-refractivity contribution < 1.29 is 19.0 Å². The number of hydrogen-bond acceptors (Lipinski definition) is 4. The highest BCUT2D eigenvalue weighted by molar-refractivity contribution is 5.89. The van der Waals surface area contributed by atoms with Gasteiger partial charge in [-0.3, -0.25) is 0 Å². The first kappa shape index (κ1) is 23.0. The van der Waals surface area contributed by atoms with Gasteiger partial charge in [-0.15, -0.1) is 0 Å². The van der Waals surface area contributed by atoms with Crippen molar-refractivity contribution in [3.8, 4) is 0 Å². The van der Waals surface area contributed by atoms with Gasteiger partial charge in [0.05, 0.1) is 12.2 Å². The minimum Gasteiger partial charge on any atom is -0.435 e. The van der Waals surface area contributed by atoms with E-state index in [4.69, 9.17) is 14.2 Å². The molecule has 0 aromatic heterocycles. The molecule has 0 spiro atoms. The average Bonchev–Trinajstić information content (AvgIpc) is 3.48. The maximum absolute atomic E-state index is 12.8. The Hall–Kier alpha value is -3.73. The van der Waals surface area contributed by atoms with Gasteiger partial charge in [0.1, 0.15) is 5.60 Å². The summed E-state index contributed by atoms with van der Waals surface area (Å²) >= 11 is 0. The number of benzene rings is 4. The van der Waals surface area contributed by atoms with Crippen molar-refractivity contribution in [2.24, 2.45) is 0 Å². The van der Waals surface area contributed by atoms with Crippen LogP contribution in [-0.4, -0.2) is 26.0 Å². The van der Waals surface area contributed by atoms with E-state index < -0.39 is 11.6 Å². The molecule has 4 aromatic carbocycles. The lowest BCUT2D eigenvalue weighted by molar-refractivity contribution is -0.0888. The van der Waals surface area contributed by atoms with Crippen LogP contribution in [0, 0.1) is 0 Å². The summed E-state index contributed by atoms with van der Waals surface area (Å²) in [6.07, 6.45) is 1.01. The molecule has 176 valence electrons. The number of esters is 1. The van der Waals surface area contributed by atoms with Gasteiger partial charge in [-0.2, -0.15) is 0 Å². The molecule has 4 aromatic rings. The number of rotatable bonds is 8. The Morgan fingerprint density at radius 3 is 1.71 bits per heavy atom. The van der Waals surface area contributed by atoms with Crippen LogP contribution in [0.2, 0.25) is 0 Å². The average molecular weight is 465 g/mol. The lowest BCUT2D eigenvalue weighted by atomic mass is 9.80. The van der Waals surface area contributed by atoms with Crippen LogP contribution in [0.3, 0.4) is 0 Å². The second-order valence-electron chi connectivity index (χ2n) is 8.66. The molecule has 1 fully saturated rings. The molecule has 4 heteroatoms. The highest BCUT2D eigenvalue weighted by atomic mass is 16.7. The smallest absolute Gasteiger partial charge is 0.340 e. The Morgan fingerprint density at radius 1 is 0.743 bits per heavy atom. The Kier molecular flexibility index (Phi) is 7.03. The molecule has 0 amide bonds. The van der Waals surface area contributed by atoms with E-state index in [0.717, 1.165) is 36.3 Å². The highest BCUT2D eigenvalue weighted by Gasteiger charge is 2.38. The predicted octanol–water partition coefficient (Wildman–Crippen LogP) is 6.31. The summed E-state index contributed by atoms with van der Waals surface area (Å²) < 4.78 is 17.6. The molecule has 1 saturated heterocycles. The van der Waals surface area contributed by atoms with Gasteiger partial charge in [-0.1, -0.05) is 103 Å². The monoisotopic (exact) mass is 464 g/mol.